The third-order valence-electron chi connectivity index (χ3n) is 3.20. The zero-order valence-electron chi connectivity index (χ0n) is 14.5. The lowest BCUT2D eigenvalue weighted by atomic mass is 10.1. The summed E-state index contributed by atoms with van der Waals surface area (Å²) in [5, 5.41) is 13.9. The van der Waals surface area contributed by atoms with Gasteiger partial charge in [-0.25, -0.2) is 4.39 Å². The van der Waals surface area contributed by atoms with Crippen LogP contribution in [0, 0.1) is 22.9 Å². The highest BCUT2D eigenvalue weighted by molar-refractivity contribution is 6.00. The van der Waals surface area contributed by atoms with Gasteiger partial charge in [0.05, 0.1) is 11.5 Å². The third-order valence-corrected chi connectivity index (χ3v) is 3.20. The van der Waals surface area contributed by atoms with Crippen molar-refractivity contribution in [3.8, 4) is 0 Å². The number of halogens is 1. The second-order valence-electron chi connectivity index (χ2n) is 6.49. The van der Waals surface area contributed by atoms with Crippen molar-refractivity contribution in [1.82, 2.24) is 10.2 Å². The van der Waals surface area contributed by atoms with Crippen molar-refractivity contribution in [2.45, 2.75) is 40.2 Å². The van der Waals surface area contributed by atoms with Gasteiger partial charge in [-0.05, 0) is 46.8 Å². The summed E-state index contributed by atoms with van der Waals surface area (Å²) in [5.74, 6) is -1.89. The second kappa shape index (κ2) is 7.37. The molecule has 7 nitrogen and oxygen atoms in total. The number of nitrogens with one attached hydrogen (secondary N) is 1. The van der Waals surface area contributed by atoms with Crippen LogP contribution in [-0.2, 0) is 4.79 Å². The number of amides is 2. The van der Waals surface area contributed by atoms with Gasteiger partial charge in [0, 0.05) is 17.6 Å². The van der Waals surface area contributed by atoms with Gasteiger partial charge in [-0.1, -0.05) is 0 Å². The first-order chi connectivity index (χ1) is 11.0. The van der Waals surface area contributed by atoms with Crippen LogP contribution >= 0.6 is 0 Å². The normalized spacial score (nSPS) is 11.1. The van der Waals surface area contributed by atoms with E-state index in [2.05, 4.69) is 5.32 Å². The third kappa shape index (κ3) is 5.00. The Kier molecular flexibility index (Phi) is 6.00. The lowest BCUT2D eigenvalue weighted by Crippen LogP contribution is -2.47. The molecule has 132 valence electrons. The molecule has 0 aliphatic carbocycles. The van der Waals surface area contributed by atoms with Crippen molar-refractivity contribution in [2.75, 3.05) is 13.1 Å². The van der Waals surface area contributed by atoms with Gasteiger partial charge in [0.1, 0.15) is 11.4 Å². The quantitative estimate of drug-likeness (QED) is 0.658. The zero-order chi connectivity index (χ0) is 18.7. The number of benzene rings is 1. The second-order valence-corrected chi connectivity index (χ2v) is 6.49. The summed E-state index contributed by atoms with van der Waals surface area (Å²) in [6.45, 7) is 8.28. The molecule has 0 atom stereocenters. The van der Waals surface area contributed by atoms with Gasteiger partial charge >= 0.3 is 0 Å². The molecule has 0 fully saturated rings. The average molecular weight is 339 g/mol. The fraction of sp³-hybridized carbons (Fsp3) is 0.500. The highest BCUT2D eigenvalue weighted by Crippen LogP contribution is 2.26. The number of nitro benzene ring substituents is 1. The molecule has 0 unspecified atom stereocenters. The Bertz CT molecular complexity index is 668. The number of nitro groups is 1. The molecule has 0 bridgehead atoms. The fourth-order valence-electron chi connectivity index (χ4n) is 2.27. The lowest BCUT2D eigenvalue weighted by Gasteiger charge is -2.25. The Balaban J connectivity index is 3.15. The summed E-state index contributed by atoms with van der Waals surface area (Å²) in [6, 6.07) is 1.83. The van der Waals surface area contributed by atoms with Crippen molar-refractivity contribution in [3.05, 3.63) is 39.2 Å². The van der Waals surface area contributed by atoms with Crippen LogP contribution in [0.2, 0.25) is 0 Å². The predicted molar refractivity (Wildman–Crippen MR) is 87.3 cm³/mol. The Morgan fingerprint density at radius 1 is 1.33 bits per heavy atom. The first-order valence-electron chi connectivity index (χ1n) is 7.51. The topological polar surface area (TPSA) is 92.6 Å². The van der Waals surface area contributed by atoms with Crippen molar-refractivity contribution in [1.29, 1.82) is 0 Å². The highest BCUT2D eigenvalue weighted by Gasteiger charge is 2.28. The molecule has 0 aliphatic rings. The molecule has 1 N–H and O–H groups in total. The summed E-state index contributed by atoms with van der Waals surface area (Å²) in [7, 11) is 0. The molecular formula is C16H22FN3O4. The van der Waals surface area contributed by atoms with Crippen molar-refractivity contribution < 1.29 is 18.9 Å². The van der Waals surface area contributed by atoms with E-state index >= 15 is 0 Å². The van der Waals surface area contributed by atoms with Gasteiger partial charge in [0.15, 0.2) is 0 Å². The van der Waals surface area contributed by atoms with E-state index in [-0.39, 0.29) is 24.2 Å². The number of likely N-dealkylation sites (N-methyl/N-ethyl adjacent to an activating group) is 1. The van der Waals surface area contributed by atoms with Crippen LogP contribution in [0.1, 0.15) is 43.6 Å². The minimum atomic E-state index is -0.754. The summed E-state index contributed by atoms with van der Waals surface area (Å²) in [5.41, 5.74) is -1.22. The molecule has 0 saturated carbocycles. The molecule has 8 heteroatoms. The maximum absolute atomic E-state index is 13.6. The van der Waals surface area contributed by atoms with Gasteiger partial charge in [0.2, 0.25) is 5.91 Å². The Morgan fingerprint density at radius 3 is 2.38 bits per heavy atom. The van der Waals surface area contributed by atoms with E-state index in [9.17, 15) is 24.1 Å². The minimum absolute atomic E-state index is 0.0542. The SMILES string of the molecule is CCN(CC(=O)NC(C)(C)C)C(=O)c1cc(F)cc(C)c1[N+](=O)[O-]. The Morgan fingerprint density at radius 2 is 1.92 bits per heavy atom. The van der Waals surface area contributed by atoms with Gasteiger partial charge in [-0.3, -0.25) is 19.7 Å². The van der Waals surface area contributed by atoms with E-state index in [1.807, 2.05) is 0 Å². The standard InChI is InChI=1S/C16H22FN3O4/c1-6-19(9-13(21)18-16(3,4)5)15(22)12-8-11(17)7-10(2)14(12)20(23)24/h7-8H,6,9H2,1-5H3,(H,18,21). The smallest absolute Gasteiger partial charge is 0.285 e. The number of nitrogens with zero attached hydrogens (tertiary/aromatic N) is 2. The van der Waals surface area contributed by atoms with Crippen LogP contribution < -0.4 is 5.32 Å². The molecule has 0 heterocycles. The van der Waals surface area contributed by atoms with Crippen LogP contribution in [0.25, 0.3) is 0 Å². The van der Waals surface area contributed by atoms with E-state index in [0.717, 1.165) is 17.0 Å². The number of aryl methyl sites for hydroxylation is 1. The predicted octanol–water partition coefficient (Wildman–Crippen LogP) is 2.42. The molecule has 0 spiro atoms. The lowest BCUT2D eigenvalue weighted by molar-refractivity contribution is -0.385. The van der Waals surface area contributed by atoms with Crippen LogP contribution in [0.5, 0.6) is 0 Å². The largest absolute Gasteiger partial charge is 0.350 e. The van der Waals surface area contributed by atoms with Crippen LogP contribution in [-0.4, -0.2) is 40.3 Å². The molecule has 1 aromatic rings. The molecule has 0 radical (unpaired) electrons. The van der Waals surface area contributed by atoms with Crippen molar-refractivity contribution in [2.24, 2.45) is 0 Å². The van der Waals surface area contributed by atoms with E-state index in [0.29, 0.717) is 0 Å². The van der Waals surface area contributed by atoms with Gasteiger partial charge < -0.3 is 10.2 Å². The fourth-order valence-corrected chi connectivity index (χ4v) is 2.27. The van der Waals surface area contributed by atoms with Crippen LogP contribution in [0.4, 0.5) is 10.1 Å². The first-order valence-corrected chi connectivity index (χ1v) is 7.51. The van der Waals surface area contributed by atoms with Crippen molar-refractivity contribution in [3.63, 3.8) is 0 Å². The van der Waals surface area contributed by atoms with Crippen LogP contribution in [0.15, 0.2) is 12.1 Å². The zero-order valence-corrected chi connectivity index (χ0v) is 14.5. The molecular weight excluding hydrogens is 317 g/mol. The summed E-state index contributed by atoms with van der Waals surface area (Å²) >= 11 is 0. The number of carbonyl (C=O) groups is 2. The maximum Gasteiger partial charge on any atom is 0.285 e. The molecule has 24 heavy (non-hydrogen) atoms. The summed E-state index contributed by atoms with van der Waals surface area (Å²) < 4.78 is 13.6. The number of hydrogen-bond acceptors (Lipinski definition) is 4. The van der Waals surface area contributed by atoms with E-state index in [4.69, 9.17) is 0 Å². The molecule has 0 aromatic heterocycles. The van der Waals surface area contributed by atoms with E-state index in [1.54, 1.807) is 27.7 Å². The molecule has 2 amide bonds. The van der Waals surface area contributed by atoms with Gasteiger partial charge in [0.25, 0.3) is 11.6 Å². The van der Waals surface area contributed by atoms with Gasteiger partial charge in [-0.15, -0.1) is 0 Å². The summed E-state index contributed by atoms with van der Waals surface area (Å²) in [4.78, 5) is 36.2. The maximum atomic E-state index is 13.6. The van der Waals surface area contributed by atoms with Crippen LogP contribution in [0.3, 0.4) is 0 Å². The monoisotopic (exact) mass is 339 g/mol. The molecule has 1 aromatic carbocycles. The minimum Gasteiger partial charge on any atom is -0.350 e. The number of rotatable bonds is 5. The molecule has 1 rings (SSSR count). The van der Waals surface area contributed by atoms with E-state index in [1.165, 1.54) is 6.92 Å². The van der Waals surface area contributed by atoms with Crippen molar-refractivity contribution >= 4 is 17.5 Å². The Labute approximate surface area is 140 Å². The van der Waals surface area contributed by atoms with E-state index < -0.39 is 33.8 Å². The highest BCUT2D eigenvalue weighted by atomic mass is 19.1. The first kappa shape index (κ1) is 19.5. The van der Waals surface area contributed by atoms with Gasteiger partial charge in [-0.2, -0.15) is 0 Å². The Hall–Kier alpha value is -2.51. The number of hydrogen-bond donors (Lipinski definition) is 1. The average Bonchev–Trinajstić information content (AvgIpc) is 2.40. The summed E-state index contributed by atoms with van der Waals surface area (Å²) in [6.07, 6.45) is 0. The molecule has 0 aliphatic heterocycles. The number of carbonyl (C=O) groups excluding carboxylic acids is 2. The molecule has 0 saturated heterocycles.